The van der Waals surface area contributed by atoms with E-state index >= 15 is 0 Å². The maximum Gasteiger partial charge on any atom is 0.262 e. The number of anilines is 2. The van der Waals surface area contributed by atoms with Crippen LogP contribution in [0, 0.1) is 6.92 Å². The summed E-state index contributed by atoms with van der Waals surface area (Å²) in [5, 5.41) is 3.42. The lowest BCUT2D eigenvalue weighted by molar-refractivity contribution is 0.0993. The maximum absolute atomic E-state index is 13.1. The monoisotopic (exact) mass is 375 g/mol. The molecule has 0 spiro atoms. The molecule has 1 aliphatic rings. The van der Waals surface area contributed by atoms with Crippen molar-refractivity contribution in [2.24, 2.45) is 0 Å². The number of benzene rings is 2. The van der Waals surface area contributed by atoms with Crippen LogP contribution in [0.1, 0.15) is 27.8 Å². The van der Waals surface area contributed by atoms with Gasteiger partial charge in [0.2, 0.25) is 0 Å². The minimum Gasteiger partial charge on any atom is -0.497 e. The highest BCUT2D eigenvalue weighted by Crippen LogP contribution is 2.39. The Bertz CT molecular complexity index is 1020. The van der Waals surface area contributed by atoms with Gasteiger partial charge in [0.25, 0.3) is 5.91 Å². The molecule has 0 saturated heterocycles. The predicted molar refractivity (Wildman–Crippen MR) is 108 cm³/mol. The van der Waals surface area contributed by atoms with Crippen LogP contribution in [0.2, 0.25) is 0 Å². The summed E-state index contributed by atoms with van der Waals surface area (Å²) in [7, 11) is 3.21. The van der Waals surface area contributed by atoms with E-state index in [-0.39, 0.29) is 5.91 Å². The Morgan fingerprint density at radius 2 is 1.82 bits per heavy atom. The Labute approximate surface area is 163 Å². The van der Waals surface area contributed by atoms with Crippen LogP contribution in [0.5, 0.6) is 11.5 Å². The second kappa shape index (κ2) is 7.23. The lowest BCUT2D eigenvalue weighted by Gasteiger charge is -2.27. The highest BCUT2D eigenvalue weighted by molar-refractivity contribution is 6.11. The van der Waals surface area contributed by atoms with Crippen LogP contribution < -0.4 is 19.7 Å². The third kappa shape index (κ3) is 3.03. The van der Waals surface area contributed by atoms with Crippen molar-refractivity contribution >= 4 is 17.3 Å². The van der Waals surface area contributed by atoms with Crippen molar-refractivity contribution < 1.29 is 14.3 Å². The Kier molecular flexibility index (Phi) is 4.61. The Morgan fingerprint density at radius 1 is 1.04 bits per heavy atom. The average Bonchev–Trinajstić information content (AvgIpc) is 3.01. The van der Waals surface area contributed by atoms with E-state index in [4.69, 9.17) is 9.47 Å². The van der Waals surface area contributed by atoms with E-state index in [1.165, 1.54) is 0 Å². The molecule has 4 rings (SSSR count). The van der Waals surface area contributed by atoms with Gasteiger partial charge in [-0.25, -0.2) is 0 Å². The van der Waals surface area contributed by atoms with Crippen molar-refractivity contribution in [1.29, 1.82) is 0 Å². The molecule has 0 unspecified atom stereocenters. The number of pyridine rings is 1. The van der Waals surface area contributed by atoms with Crippen molar-refractivity contribution in [3.8, 4) is 11.5 Å². The normalized spacial score (nSPS) is 15.3. The Morgan fingerprint density at radius 3 is 2.54 bits per heavy atom. The van der Waals surface area contributed by atoms with Gasteiger partial charge in [-0.05, 0) is 43.3 Å². The summed E-state index contributed by atoms with van der Waals surface area (Å²) in [5.41, 5.74) is 3.96. The number of rotatable bonds is 5. The van der Waals surface area contributed by atoms with Crippen LogP contribution in [0.4, 0.5) is 11.4 Å². The summed E-state index contributed by atoms with van der Waals surface area (Å²) in [5.74, 6) is 1.23. The number of hydrogen-bond acceptors (Lipinski definition) is 5. The minimum atomic E-state index is -0.450. The fraction of sp³-hybridized carbons (Fsp3) is 0.182. The molecular weight excluding hydrogens is 354 g/mol. The van der Waals surface area contributed by atoms with Gasteiger partial charge in [-0.15, -0.1) is 0 Å². The number of aromatic nitrogens is 1. The number of ether oxygens (including phenoxy) is 2. The van der Waals surface area contributed by atoms with Crippen molar-refractivity contribution in [3.63, 3.8) is 0 Å². The van der Waals surface area contributed by atoms with Gasteiger partial charge >= 0.3 is 0 Å². The fourth-order valence-corrected chi connectivity index (χ4v) is 3.36. The summed E-state index contributed by atoms with van der Waals surface area (Å²) in [6, 6.07) is 17.0. The predicted octanol–water partition coefficient (Wildman–Crippen LogP) is 4.18. The topological polar surface area (TPSA) is 63.7 Å². The molecule has 0 bridgehead atoms. The van der Waals surface area contributed by atoms with Crippen LogP contribution in [-0.4, -0.2) is 25.1 Å². The molecule has 1 aromatic heterocycles. The molecule has 0 saturated carbocycles. The number of carbonyl (C=O) groups excluding carboxylic acids is 1. The number of aryl methyl sites for hydroxylation is 1. The van der Waals surface area contributed by atoms with Crippen molar-refractivity contribution in [1.82, 2.24) is 4.98 Å². The highest BCUT2D eigenvalue weighted by atomic mass is 16.5. The summed E-state index contributed by atoms with van der Waals surface area (Å²) >= 11 is 0. The third-order valence-corrected chi connectivity index (χ3v) is 4.82. The molecular formula is C22H21N3O3. The van der Waals surface area contributed by atoms with E-state index in [1.54, 1.807) is 43.5 Å². The van der Waals surface area contributed by atoms with Crippen LogP contribution >= 0.6 is 0 Å². The Hall–Kier alpha value is -3.54. The van der Waals surface area contributed by atoms with Crippen LogP contribution in [0.3, 0.4) is 0 Å². The van der Waals surface area contributed by atoms with E-state index in [2.05, 4.69) is 10.3 Å². The molecule has 3 aromatic rings. The fourth-order valence-electron chi connectivity index (χ4n) is 3.36. The first kappa shape index (κ1) is 17.9. The Balaban J connectivity index is 1.78. The lowest BCUT2D eigenvalue weighted by atomic mass is 10.2. The van der Waals surface area contributed by atoms with Gasteiger partial charge in [0.05, 0.1) is 31.2 Å². The molecule has 0 fully saturated rings. The number of hydrogen-bond donors (Lipinski definition) is 1. The largest absolute Gasteiger partial charge is 0.497 e. The zero-order valence-electron chi connectivity index (χ0n) is 16.0. The van der Waals surface area contributed by atoms with E-state index in [0.717, 1.165) is 16.9 Å². The van der Waals surface area contributed by atoms with Gasteiger partial charge in [0.15, 0.2) is 6.17 Å². The van der Waals surface area contributed by atoms with Gasteiger partial charge in [-0.3, -0.25) is 14.7 Å². The summed E-state index contributed by atoms with van der Waals surface area (Å²) in [6.07, 6.45) is 1.25. The number of amides is 1. The first-order valence-electron chi connectivity index (χ1n) is 8.96. The first-order valence-corrected chi connectivity index (χ1v) is 8.96. The van der Waals surface area contributed by atoms with Gasteiger partial charge in [0, 0.05) is 18.0 Å². The van der Waals surface area contributed by atoms with Crippen molar-refractivity contribution in [2.75, 3.05) is 24.4 Å². The molecule has 1 aliphatic heterocycles. The van der Waals surface area contributed by atoms with Crippen LogP contribution in [-0.2, 0) is 0 Å². The molecule has 1 amide bonds. The molecule has 0 radical (unpaired) electrons. The summed E-state index contributed by atoms with van der Waals surface area (Å²) in [4.78, 5) is 19.3. The minimum absolute atomic E-state index is 0.0862. The van der Waals surface area contributed by atoms with Gasteiger partial charge in [0.1, 0.15) is 11.5 Å². The molecule has 142 valence electrons. The van der Waals surface area contributed by atoms with E-state index in [1.807, 2.05) is 43.3 Å². The van der Waals surface area contributed by atoms with E-state index in [9.17, 15) is 4.79 Å². The van der Waals surface area contributed by atoms with E-state index < -0.39 is 6.17 Å². The number of carbonyl (C=O) groups is 1. The van der Waals surface area contributed by atoms with Crippen LogP contribution in [0.25, 0.3) is 0 Å². The molecule has 1 atom stereocenters. The van der Waals surface area contributed by atoms with Crippen molar-refractivity contribution in [3.05, 3.63) is 77.6 Å². The third-order valence-electron chi connectivity index (χ3n) is 4.82. The number of nitrogens with one attached hydrogen (secondary N) is 1. The zero-order chi connectivity index (χ0) is 19.7. The van der Waals surface area contributed by atoms with Gasteiger partial charge in [-0.2, -0.15) is 0 Å². The molecule has 0 aliphatic carbocycles. The smallest absolute Gasteiger partial charge is 0.262 e. The lowest BCUT2D eigenvalue weighted by Crippen LogP contribution is -2.32. The average molecular weight is 375 g/mol. The van der Waals surface area contributed by atoms with Gasteiger partial charge in [-0.1, -0.05) is 17.7 Å². The second-order valence-corrected chi connectivity index (χ2v) is 6.56. The molecule has 1 N–H and O–H groups in total. The zero-order valence-corrected chi connectivity index (χ0v) is 16.0. The first-order chi connectivity index (χ1) is 13.6. The number of fused-ring (bicyclic) bond motifs is 1. The van der Waals surface area contributed by atoms with Crippen LogP contribution in [0.15, 0.2) is 60.8 Å². The van der Waals surface area contributed by atoms with E-state index in [0.29, 0.717) is 22.8 Å². The quantitative estimate of drug-likeness (QED) is 0.725. The molecule has 2 heterocycles. The highest BCUT2D eigenvalue weighted by Gasteiger charge is 2.39. The molecule has 6 nitrogen and oxygen atoms in total. The standard InChI is InChI=1S/C22H21N3O3/c1-14-6-8-15(9-7-14)25-21(20-17(22(25)26)5-4-12-23-20)24-18-11-10-16(27-2)13-19(18)28-3/h4-13,21,24H,1-3H3/t21-/m0/s1. The second-order valence-electron chi connectivity index (χ2n) is 6.56. The van der Waals surface area contributed by atoms with Crippen molar-refractivity contribution in [2.45, 2.75) is 13.1 Å². The number of nitrogens with zero attached hydrogens (tertiary/aromatic N) is 2. The number of methoxy groups -OCH3 is 2. The molecule has 2 aromatic carbocycles. The van der Waals surface area contributed by atoms with Gasteiger partial charge < -0.3 is 14.8 Å². The summed E-state index contributed by atoms with van der Waals surface area (Å²) in [6.45, 7) is 2.02. The SMILES string of the molecule is COc1ccc(N[C@@H]2c3ncccc3C(=O)N2c2ccc(C)cc2)c(OC)c1. The molecule has 28 heavy (non-hydrogen) atoms. The summed E-state index contributed by atoms with van der Waals surface area (Å²) < 4.78 is 10.8. The maximum atomic E-state index is 13.1. The molecule has 6 heteroatoms.